The van der Waals surface area contributed by atoms with Crippen LogP contribution < -0.4 is 4.74 Å². The molecule has 0 radical (unpaired) electrons. The quantitative estimate of drug-likeness (QED) is 0.831. The van der Waals surface area contributed by atoms with Crippen molar-refractivity contribution >= 4 is 10.0 Å². The standard InChI is InChI=1S/C20H25NO4S/c1-25-19-11-7-16(8-12-19)15-21(17-5-3-2-4-6-17)26(23,24)20-13-9-18(22)10-14-20/h7-14,17,22H,2-6,15H2,1H3. The summed E-state index contributed by atoms with van der Waals surface area (Å²) in [5.74, 6) is 0.808. The number of phenolic OH excluding ortho intramolecular Hbond substituents is 1. The molecule has 0 atom stereocenters. The third-order valence-electron chi connectivity index (χ3n) is 4.92. The van der Waals surface area contributed by atoms with E-state index in [0.717, 1.165) is 43.4 Å². The Labute approximate surface area is 155 Å². The van der Waals surface area contributed by atoms with E-state index < -0.39 is 10.0 Å². The van der Waals surface area contributed by atoms with Crippen LogP contribution in [-0.2, 0) is 16.6 Å². The minimum atomic E-state index is -3.64. The third-order valence-corrected chi connectivity index (χ3v) is 6.84. The molecule has 2 aromatic rings. The highest BCUT2D eigenvalue weighted by molar-refractivity contribution is 7.89. The van der Waals surface area contributed by atoms with E-state index in [-0.39, 0.29) is 16.7 Å². The summed E-state index contributed by atoms with van der Waals surface area (Å²) in [4.78, 5) is 0.217. The van der Waals surface area contributed by atoms with Crippen LogP contribution in [0.15, 0.2) is 53.4 Å². The number of benzene rings is 2. The smallest absolute Gasteiger partial charge is 0.243 e. The van der Waals surface area contributed by atoms with Crippen molar-refractivity contribution in [2.75, 3.05) is 7.11 Å². The number of sulfonamides is 1. The summed E-state index contributed by atoms with van der Waals surface area (Å²) in [6, 6.07) is 13.3. The zero-order valence-corrected chi connectivity index (χ0v) is 15.8. The van der Waals surface area contributed by atoms with Crippen molar-refractivity contribution in [3.63, 3.8) is 0 Å². The minimum absolute atomic E-state index is 0.00431. The maximum atomic E-state index is 13.3. The van der Waals surface area contributed by atoms with E-state index in [0.29, 0.717) is 6.54 Å². The Hall–Kier alpha value is -2.05. The van der Waals surface area contributed by atoms with Crippen LogP contribution in [-0.4, -0.2) is 31.0 Å². The Kier molecular flexibility index (Phi) is 5.84. The molecular weight excluding hydrogens is 350 g/mol. The van der Waals surface area contributed by atoms with Gasteiger partial charge in [0.05, 0.1) is 12.0 Å². The van der Waals surface area contributed by atoms with Crippen LogP contribution >= 0.6 is 0 Å². The van der Waals surface area contributed by atoms with Gasteiger partial charge in [0, 0.05) is 12.6 Å². The van der Waals surface area contributed by atoms with Crippen LogP contribution in [0.2, 0.25) is 0 Å². The van der Waals surface area contributed by atoms with Crippen molar-refractivity contribution in [3.8, 4) is 11.5 Å². The van der Waals surface area contributed by atoms with Crippen LogP contribution in [0.5, 0.6) is 11.5 Å². The van der Waals surface area contributed by atoms with Gasteiger partial charge in [0.1, 0.15) is 11.5 Å². The number of nitrogens with zero attached hydrogens (tertiary/aromatic N) is 1. The zero-order chi connectivity index (χ0) is 18.6. The highest BCUT2D eigenvalue weighted by atomic mass is 32.2. The van der Waals surface area contributed by atoms with E-state index in [1.807, 2.05) is 24.3 Å². The van der Waals surface area contributed by atoms with E-state index in [1.54, 1.807) is 11.4 Å². The lowest BCUT2D eigenvalue weighted by atomic mass is 9.95. The van der Waals surface area contributed by atoms with Gasteiger partial charge in [-0.3, -0.25) is 0 Å². The molecule has 0 bridgehead atoms. The molecule has 1 aliphatic rings. The largest absolute Gasteiger partial charge is 0.508 e. The molecule has 0 amide bonds. The molecule has 0 saturated heterocycles. The molecule has 1 fully saturated rings. The molecule has 26 heavy (non-hydrogen) atoms. The fraction of sp³-hybridized carbons (Fsp3) is 0.400. The van der Waals surface area contributed by atoms with Gasteiger partial charge in [0.2, 0.25) is 10.0 Å². The molecule has 0 unspecified atom stereocenters. The Balaban J connectivity index is 1.92. The molecule has 6 heteroatoms. The first-order chi connectivity index (χ1) is 12.5. The molecule has 0 spiro atoms. The van der Waals surface area contributed by atoms with Gasteiger partial charge in [0.15, 0.2) is 0 Å². The number of hydrogen-bond acceptors (Lipinski definition) is 4. The fourth-order valence-corrected chi connectivity index (χ4v) is 5.12. The van der Waals surface area contributed by atoms with Crippen molar-refractivity contribution in [1.29, 1.82) is 0 Å². The molecular formula is C20H25NO4S. The molecule has 3 rings (SSSR count). The van der Waals surface area contributed by atoms with E-state index in [4.69, 9.17) is 4.74 Å². The van der Waals surface area contributed by atoms with Gasteiger partial charge >= 0.3 is 0 Å². The number of rotatable bonds is 6. The lowest BCUT2D eigenvalue weighted by Gasteiger charge is -2.33. The normalized spacial score (nSPS) is 15.9. The molecule has 1 N–H and O–H groups in total. The first-order valence-corrected chi connectivity index (χ1v) is 10.4. The average molecular weight is 375 g/mol. The lowest BCUT2D eigenvalue weighted by molar-refractivity contribution is 0.247. The van der Waals surface area contributed by atoms with Crippen molar-refractivity contribution < 1.29 is 18.3 Å². The summed E-state index contributed by atoms with van der Waals surface area (Å²) in [6.45, 7) is 0.331. The van der Waals surface area contributed by atoms with Crippen LogP contribution in [0.1, 0.15) is 37.7 Å². The maximum Gasteiger partial charge on any atom is 0.243 e. The van der Waals surface area contributed by atoms with E-state index >= 15 is 0 Å². The van der Waals surface area contributed by atoms with Gasteiger partial charge < -0.3 is 9.84 Å². The van der Waals surface area contributed by atoms with Crippen LogP contribution in [0.25, 0.3) is 0 Å². The lowest BCUT2D eigenvalue weighted by Crippen LogP contribution is -2.40. The number of hydrogen-bond donors (Lipinski definition) is 1. The van der Waals surface area contributed by atoms with Crippen LogP contribution in [0.4, 0.5) is 0 Å². The Morgan fingerprint density at radius 3 is 2.19 bits per heavy atom. The first kappa shape index (κ1) is 18.7. The fourth-order valence-electron chi connectivity index (χ4n) is 3.44. The van der Waals surface area contributed by atoms with Gasteiger partial charge in [-0.15, -0.1) is 0 Å². The Morgan fingerprint density at radius 1 is 1.00 bits per heavy atom. The summed E-state index contributed by atoms with van der Waals surface area (Å²) in [7, 11) is -2.03. The summed E-state index contributed by atoms with van der Waals surface area (Å²) in [5, 5.41) is 9.47. The second-order valence-corrected chi connectivity index (χ2v) is 8.57. The minimum Gasteiger partial charge on any atom is -0.508 e. The van der Waals surface area contributed by atoms with Crippen LogP contribution in [0, 0.1) is 0 Å². The zero-order valence-electron chi connectivity index (χ0n) is 15.0. The summed E-state index contributed by atoms with van der Waals surface area (Å²) in [5.41, 5.74) is 0.929. The van der Waals surface area contributed by atoms with Crippen molar-refractivity contribution in [2.24, 2.45) is 0 Å². The monoisotopic (exact) mass is 375 g/mol. The predicted molar refractivity (Wildman–Crippen MR) is 101 cm³/mol. The third kappa shape index (κ3) is 4.19. The number of phenols is 1. The van der Waals surface area contributed by atoms with Crippen LogP contribution in [0.3, 0.4) is 0 Å². The van der Waals surface area contributed by atoms with E-state index in [1.165, 1.54) is 24.3 Å². The molecule has 1 aliphatic carbocycles. The topological polar surface area (TPSA) is 66.8 Å². The van der Waals surface area contributed by atoms with Gasteiger partial charge in [-0.2, -0.15) is 4.31 Å². The molecule has 5 nitrogen and oxygen atoms in total. The molecule has 0 aromatic heterocycles. The van der Waals surface area contributed by atoms with Crippen molar-refractivity contribution in [2.45, 2.75) is 49.6 Å². The number of aromatic hydroxyl groups is 1. The Bertz CT molecular complexity index is 810. The molecule has 1 saturated carbocycles. The molecule has 140 valence electrons. The first-order valence-electron chi connectivity index (χ1n) is 8.94. The maximum absolute atomic E-state index is 13.3. The number of ether oxygens (including phenoxy) is 1. The van der Waals surface area contributed by atoms with Gasteiger partial charge in [-0.05, 0) is 54.8 Å². The van der Waals surface area contributed by atoms with E-state index in [2.05, 4.69) is 0 Å². The predicted octanol–water partition coefficient (Wildman–Crippen LogP) is 3.92. The second-order valence-electron chi connectivity index (χ2n) is 6.68. The average Bonchev–Trinajstić information content (AvgIpc) is 2.67. The van der Waals surface area contributed by atoms with Crippen molar-refractivity contribution in [3.05, 3.63) is 54.1 Å². The summed E-state index contributed by atoms with van der Waals surface area (Å²) in [6.07, 6.45) is 5.02. The Morgan fingerprint density at radius 2 is 1.62 bits per heavy atom. The molecule has 0 heterocycles. The summed E-state index contributed by atoms with van der Waals surface area (Å²) >= 11 is 0. The van der Waals surface area contributed by atoms with Crippen molar-refractivity contribution in [1.82, 2.24) is 4.31 Å². The summed E-state index contributed by atoms with van der Waals surface area (Å²) < 4.78 is 33.4. The number of methoxy groups -OCH3 is 1. The highest BCUT2D eigenvalue weighted by Gasteiger charge is 2.32. The van der Waals surface area contributed by atoms with Gasteiger partial charge in [0.25, 0.3) is 0 Å². The highest BCUT2D eigenvalue weighted by Crippen LogP contribution is 2.30. The molecule has 0 aliphatic heterocycles. The van der Waals surface area contributed by atoms with Gasteiger partial charge in [-0.25, -0.2) is 8.42 Å². The SMILES string of the molecule is COc1ccc(CN(C2CCCCC2)S(=O)(=O)c2ccc(O)cc2)cc1. The second kappa shape index (κ2) is 8.10. The molecule has 2 aromatic carbocycles. The van der Waals surface area contributed by atoms with E-state index in [9.17, 15) is 13.5 Å². The van der Waals surface area contributed by atoms with Gasteiger partial charge in [-0.1, -0.05) is 31.4 Å².